The highest BCUT2D eigenvalue weighted by Gasteiger charge is 2.43. The van der Waals surface area contributed by atoms with Gasteiger partial charge in [-0.15, -0.1) is 5.10 Å². The van der Waals surface area contributed by atoms with E-state index in [-0.39, 0.29) is 12.5 Å². The molecule has 3 heterocycles. The molecule has 0 aliphatic carbocycles. The van der Waals surface area contributed by atoms with Crippen molar-refractivity contribution in [2.24, 2.45) is 7.05 Å². The second-order valence-electron chi connectivity index (χ2n) is 9.65. The lowest BCUT2D eigenvalue weighted by Gasteiger charge is -2.40. The Labute approximate surface area is 205 Å². The Hall–Kier alpha value is -2.72. The number of tetrazole rings is 1. The number of hydrogen-bond acceptors (Lipinski definition) is 6. The number of para-hydroxylation sites is 1. The maximum Gasteiger partial charge on any atom is 0.245 e. The fraction of sp³-hybridized carbons (Fsp3) is 0.600. The van der Waals surface area contributed by atoms with Crippen molar-refractivity contribution in [3.63, 3.8) is 0 Å². The third kappa shape index (κ3) is 5.75. The van der Waals surface area contributed by atoms with Crippen LogP contribution in [-0.4, -0.2) is 49.1 Å². The molecule has 10 heteroatoms. The molecule has 0 saturated carbocycles. The van der Waals surface area contributed by atoms with Crippen molar-refractivity contribution in [2.75, 3.05) is 13.2 Å². The summed E-state index contributed by atoms with van der Waals surface area (Å²) in [5.74, 6) is -1.92. The Morgan fingerprint density at radius 3 is 2.83 bits per heavy atom. The number of nitrogens with zero attached hydrogens (tertiary/aromatic N) is 6. The second-order valence-corrected chi connectivity index (χ2v) is 9.65. The maximum atomic E-state index is 13.3. The van der Waals surface area contributed by atoms with Crippen LogP contribution in [0.5, 0.6) is 0 Å². The van der Waals surface area contributed by atoms with E-state index in [0.717, 1.165) is 41.5 Å². The highest BCUT2D eigenvalue weighted by Crippen LogP contribution is 2.41. The third-order valence-electron chi connectivity index (χ3n) is 6.80. The minimum atomic E-state index is -2.65. The van der Waals surface area contributed by atoms with Gasteiger partial charge in [0.2, 0.25) is 5.92 Å². The quantitative estimate of drug-likeness (QED) is 0.426. The van der Waals surface area contributed by atoms with Gasteiger partial charge >= 0.3 is 0 Å². The zero-order chi connectivity index (χ0) is 25.1. The van der Waals surface area contributed by atoms with E-state index in [1.165, 1.54) is 0 Å². The molecule has 1 aromatic carbocycles. The van der Waals surface area contributed by atoms with Crippen LogP contribution in [0.4, 0.5) is 8.78 Å². The van der Waals surface area contributed by atoms with Gasteiger partial charge in [0, 0.05) is 38.3 Å². The van der Waals surface area contributed by atoms with Gasteiger partial charge in [-0.2, -0.15) is 9.78 Å². The first-order valence-corrected chi connectivity index (χ1v) is 12.3. The Morgan fingerprint density at radius 1 is 1.29 bits per heavy atom. The first-order valence-electron chi connectivity index (χ1n) is 12.3. The number of aryl methyl sites for hydroxylation is 3. The van der Waals surface area contributed by atoms with Crippen LogP contribution in [0.2, 0.25) is 0 Å². The highest BCUT2D eigenvalue weighted by molar-refractivity contribution is 5.48. The standard InChI is InChI=1S/C25H35F2N7O/c1-5-19-10-8-9-18(2)22(19)34-23(30-31-32-34)25(28-13-7-6-11-24(3,26)27)12-14-35-21(15-25)20-16-29-33(4)17-20/h8-10,16-17,21,28H,5-7,11-15H2,1-4H3. The van der Waals surface area contributed by atoms with Crippen molar-refractivity contribution in [1.29, 1.82) is 0 Å². The predicted octanol–water partition coefficient (Wildman–Crippen LogP) is 4.43. The molecule has 0 spiro atoms. The van der Waals surface area contributed by atoms with Gasteiger partial charge in [-0.1, -0.05) is 25.1 Å². The summed E-state index contributed by atoms with van der Waals surface area (Å²) in [5.41, 5.74) is 3.66. The van der Waals surface area contributed by atoms with Crippen molar-refractivity contribution < 1.29 is 13.5 Å². The fourth-order valence-corrected chi connectivity index (χ4v) is 4.95. The average Bonchev–Trinajstić information content (AvgIpc) is 3.47. The number of ether oxygens (including phenoxy) is 1. The van der Waals surface area contributed by atoms with Crippen molar-refractivity contribution in [3.05, 3.63) is 53.1 Å². The highest BCUT2D eigenvalue weighted by atomic mass is 19.3. The summed E-state index contributed by atoms with van der Waals surface area (Å²) >= 11 is 0. The van der Waals surface area contributed by atoms with Gasteiger partial charge in [-0.25, -0.2) is 8.78 Å². The first-order chi connectivity index (χ1) is 16.7. The Kier molecular flexibility index (Phi) is 7.61. The Bertz CT molecular complexity index is 1120. The van der Waals surface area contributed by atoms with E-state index < -0.39 is 11.5 Å². The molecule has 8 nitrogen and oxygen atoms in total. The summed E-state index contributed by atoms with van der Waals surface area (Å²) in [6.45, 7) is 6.25. The van der Waals surface area contributed by atoms with E-state index >= 15 is 0 Å². The topological polar surface area (TPSA) is 82.7 Å². The number of aromatic nitrogens is 6. The molecule has 2 aromatic heterocycles. The van der Waals surface area contributed by atoms with E-state index in [0.29, 0.717) is 38.8 Å². The molecule has 35 heavy (non-hydrogen) atoms. The molecule has 1 aliphatic rings. The molecule has 1 N–H and O–H groups in total. The smallest absolute Gasteiger partial charge is 0.245 e. The monoisotopic (exact) mass is 487 g/mol. The minimum Gasteiger partial charge on any atom is -0.373 e. The number of nitrogens with one attached hydrogen (secondary N) is 1. The van der Waals surface area contributed by atoms with E-state index in [2.05, 4.69) is 51.9 Å². The summed E-state index contributed by atoms with van der Waals surface area (Å²) in [4.78, 5) is 0. The van der Waals surface area contributed by atoms with Crippen LogP contribution in [0, 0.1) is 6.92 Å². The number of alkyl halides is 2. The molecule has 1 aliphatic heterocycles. The molecular weight excluding hydrogens is 452 g/mol. The van der Waals surface area contributed by atoms with Crippen LogP contribution in [-0.2, 0) is 23.7 Å². The average molecular weight is 488 g/mol. The van der Waals surface area contributed by atoms with Gasteiger partial charge in [0.25, 0.3) is 0 Å². The zero-order valence-electron chi connectivity index (χ0n) is 21.0. The summed E-state index contributed by atoms with van der Waals surface area (Å²) in [5, 5.41) is 21.0. The molecule has 3 aromatic rings. The van der Waals surface area contributed by atoms with Crippen LogP contribution >= 0.6 is 0 Å². The van der Waals surface area contributed by atoms with Gasteiger partial charge in [0.05, 0.1) is 23.5 Å². The normalized spacial score (nSPS) is 20.9. The number of unbranched alkanes of at least 4 members (excludes halogenated alkanes) is 1. The molecule has 2 unspecified atom stereocenters. The van der Waals surface area contributed by atoms with Crippen LogP contribution in [0.1, 0.15) is 74.6 Å². The molecule has 2 atom stereocenters. The van der Waals surface area contributed by atoms with Crippen LogP contribution in [0.25, 0.3) is 5.69 Å². The number of rotatable bonds is 10. The minimum absolute atomic E-state index is 0.121. The molecule has 0 radical (unpaired) electrons. The first kappa shape index (κ1) is 25.4. The fourth-order valence-electron chi connectivity index (χ4n) is 4.95. The Balaban J connectivity index is 1.68. The van der Waals surface area contributed by atoms with Gasteiger partial charge < -0.3 is 10.1 Å². The van der Waals surface area contributed by atoms with Gasteiger partial charge in [-0.05, 0) is 67.6 Å². The van der Waals surface area contributed by atoms with E-state index in [4.69, 9.17) is 4.74 Å². The third-order valence-corrected chi connectivity index (χ3v) is 6.80. The molecule has 1 saturated heterocycles. The molecule has 0 amide bonds. The van der Waals surface area contributed by atoms with E-state index in [1.807, 2.05) is 30.2 Å². The number of halogens is 2. The lowest BCUT2D eigenvalue weighted by molar-refractivity contribution is -0.0363. The number of benzene rings is 1. The second kappa shape index (κ2) is 10.5. The van der Waals surface area contributed by atoms with Crippen molar-refractivity contribution >= 4 is 0 Å². The zero-order valence-corrected chi connectivity index (χ0v) is 21.0. The Morgan fingerprint density at radius 2 is 2.11 bits per heavy atom. The number of hydrogen-bond donors (Lipinski definition) is 1. The van der Waals surface area contributed by atoms with E-state index in [9.17, 15) is 8.78 Å². The SMILES string of the molecule is CCc1cccc(C)c1-n1nnnc1C1(NCCCCC(C)(F)F)CCOC(c2cnn(C)c2)C1. The van der Waals surface area contributed by atoms with Crippen LogP contribution < -0.4 is 5.32 Å². The molecule has 1 fully saturated rings. The lowest BCUT2D eigenvalue weighted by atomic mass is 9.83. The predicted molar refractivity (Wildman–Crippen MR) is 129 cm³/mol. The maximum absolute atomic E-state index is 13.3. The van der Waals surface area contributed by atoms with Gasteiger partial charge in [-0.3, -0.25) is 4.68 Å². The largest absolute Gasteiger partial charge is 0.373 e. The molecule has 190 valence electrons. The molecule has 4 rings (SSSR count). The van der Waals surface area contributed by atoms with Gasteiger partial charge in [0.15, 0.2) is 5.82 Å². The molecule has 0 bridgehead atoms. The van der Waals surface area contributed by atoms with Crippen molar-refractivity contribution in [2.45, 2.75) is 76.9 Å². The molecular formula is C25H35F2N7O. The summed E-state index contributed by atoms with van der Waals surface area (Å²) in [6.07, 6.45) is 6.68. The summed E-state index contributed by atoms with van der Waals surface area (Å²) in [6, 6.07) is 6.21. The van der Waals surface area contributed by atoms with Crippen LogP contribution in [0.3, 0.4) is 0 Å². The summed E-state index contributed by atoms with van der Waals surface area (Å²) < 4.78 is 36.4. The van der Waals surface area contributed by atoms with Crippen LogP contribution in [0.15, 0.2) is 30.6 Å². The summed E-state index contributed by atoms with van der Waals surface area (Å²) in [7, 11) is 1.88. The van der Waals surface area contributed by atoms with Crippen molar-refractivity contribution in [1.82, 2.24) is 35.3 Å². The lowest BCUT2D eigenvalue weighted by Crippen LogP contribution is -2.49. The van der Waals surface area contributed by atoms with E-state index in [1.54, 1.807) is 4.68 Å². The van der Waals surface area contributed by atoms with Gasteiger partial charge in [0.1, 0.15) is 0 Å². The van der Waals surface area contributed by atoms with Crippen molar-refractivity contribution in [3.8, 4) is 5.69 Å².